The van der Waals surface area contributed by atoms with Gasteiger partial charge in [0.25, 0.3) is 11.5 Å². The Morgan fingerprint density at radius 2 is 1.68 bits per heavy atom. The number of carbonyl (C=O) groups excluding carboxylic acids is 1. The van der Waals surface area contributed by atoms with E-state index in [1.807, 2.05) is 55.5 Å². The third-order valence-corrected chi connectivity index (χ3v) is 5.39. The van der Waals surface area contributed by atoms with Gasteiger partial charge in [-0.25, -0.2) is 9.18 Å². The molecule has 0 atom stereocenters. The molecule has 3 aromatic carbocycles. The van der Waals surface area contributed by atoms with Gasteiger partial charge < -0.3 is 5.32 Å². The van der Waals surface area contributed by atoms with Crippen molar-refractivity contribution in [2.24, 2.45) is 0 Å². The van der Waals surface area contributed by atoms with Gasteiger partial charge >= 0.3 is 5.69 Å². The number of aryl methyl sites for hydroxylation is 2. The van der Waals surface area contributed by atoms with Gasteiger partial charge in [-0.1, -0.05) is 66.2 Å². The third-order valence-electron chi connectivity index (χ3n) is 5.39. The Balaban J connectivity index is 1.81. The number of hydrogen-bond acceptors (Lipinski definition) is 4. The molecule has 0 fully saturated rings. The molecule has 0 aliphatic carbocycles. The standard InChI is InChI=1S/C26H23FN4O3/c1-17-7-6-10-20(13-17)16-30-25(33)23(24(32)28-15-19-8-4-3-5-9-19)29-31(26(30)34)21-12-11-18(2)22(27)14-21/h3-14H,15-16H2,1-2H3,(H,28,32). The molecule has 0 saturated carbocycles. The van der Waals surface area contributed by atoms with E-state index in [0.717, 1.165) is 26.4 Å². The molecule has 0 spiro atoms. The fourth-order valence-corrected chi connectivity index (χ4v) is 3.53. The summed E-state index contributed by atoms with van der Waals surface area (Å²) in [6, 6.07) is 20.7. The summed E-state index contributed by atoms with van der Waals surface area (Å²) in [6.07, 6.45) is 0. The summed E-state index contributed by atoms with van der Waals surface area (Å²) in [5.41, 5.74) is 0.974. The molecule has 0 saturated heterocycles. The fourth-order valence-electron chi connectivity index (χ4n) is 3.53. The number of hydrogen-bond donors (Lipinski definition) is 1. The van der Waals surface area contributed by atoms with Gasteiger partial charge in [0.1, 0.15) is 5.82 Å². The first-order chi connectivity index (χ1) is 16.3. The quantitative estimate of drug-likeness (QED) is 0.481. The number of nitrogens with zero attached hydrogens (tertiary/aromatic N) is 3. The SMILES string of the molecule is Cc1cccc(Cn2c(=O)c(C(=O)NCc3ccccc3)nn(-c3ccc(C)c(F)c3)c2=O)c1. The van der Waals surface area contributed by atoms with Crippen molar-refractivity contribution < 1.29 is 9.18 Å². The van der Waals surface area contributed by atoms with Gasteiger partial charge in [-0.2, -0.15) is 9.78 Å². The highest BCUT2D eigenvalue weighted by molar-refractivity contribution is 5.91. The number of rotatable bonds is 6. The zero-order chi connectivity index (χ0) is 24.2. The Bertz CT molecular complexity index is 1480. The molecule has 8 heteroatoms. The second kappa shape index (κ2) is 9.66. The highest BCUT2D eigenvalue weighted by Gasteiger charge is 2.21. The van der Waals surface area contributed by atoms with E-state index in [1.54, 1.807) is 13.0 Å². The second-order valence-corrected chi connectivity index (χ2v) is 8.03. The second-order valence-electron chi connectivity index (χ2n) is 8.03. The maximum Gasteiger partial charge on any atom is 0.352 e. The fraction of sp³-hybridized carbons (Fsp3) is 0.154. The summed E-state index contributed by atoms with van der Waals surface area (Å²) in [7, 11) is 0. The van der Waals surface area contributed by atoms with Gasteiger partial charge in [0, 0.05) is 12.6 Å². The van der Waals surface area contributed by atoms with Crippen molar-refractivity contribution in [3.63, 3.8) is 0 Å². The number of aromatic nitrogens is 3. The van der Waals surface area contributed by atoms with Crippen molar-refractivity contribution in [2.75, 3.05) is 0 Å². The molecule has 1 aromatic heterocycles. The number of benzene rings is 3. The lowest BCUT2D eigenvalue weighted by Gasteiger charge is -2.13. The first kappa shape index (κ1) is 22.8. The Morgan fingerprint density at radius 1 is 0.941 bits per heavy atom. The maximum atomic E-state index is 14.2. The topological polar surface area (TPSA) is 86.0 Å². The average Bonchev–Trinajstić information content (AvgIpc) is 2.83. The molecule has 4 rings (SSSR count). The lowest BCUT2D eigenvalue weighted by Crippen LogP contribution is -2.46. The molecule has 172 valence electrons. The molecule has 7 nitrogen and oxygen atoms in total. The molecule has 34 heavy (non-hydrogen) atoms. The Morgan fingerprint density at radius 3 is 2.38 bits per heavy atom. The normalized spacial score (nSPS) is 10.8. The average molecular weight is 458 g/mol. The van der Waals surface area contributed by atoms with Crippen LogP contribution >= 0.6 is 0 Å². The molecule has 1 heterocycles. The lowest BCUT2D eigenvalue weighted by atomic mass is 10.1. The van der Waals surface area contributed by atoms with Gasteiger partial charge in [-0.3, -0.25) is 14.2 Å². The predicted octanol–water partition coefficient (Wildman–Crippen LogP) is 3.13. The molecular weight excluding hydrogens is 435 g/mol. The van der Waals surface area contributed by atoms with Gasteiger partial charge in [0.2, 0.25) is 5.69 Å². The van der Waals surface area contributed by atoms with Crippen molar-refractivity contribution >= 4 is 5.91 Å². The lowest BCUT2D eigenvalue weighted by molar-refractivity contribution is 0.0941. The molecule has 1 amide bonds. The van der Waals surface area contributed by atoms with Crippen molar-refractivity contribution in [1.29, 1.82) is 0 Å². The predicted molar refractivity (Wildman–Crippen MR) is 127 cm³/mol. The minimum Gasteiger partial charge on any atom is -0.346 e. The number of amides is 1. The van der Waals surface area contributed by atoms with E-state index in [-0.39, 0.29) is 18.8 Å². The van der Waals surface area contributed by atoms with Crippen LogP contribution in [0.2, 0.25) is 0 Å². The van der Waals surface area contributed by atoms with Crippen LogP contribution < -0.4 is 16.6 Å². The van der Waals surface area contributed by atoms with E-state index in [0.29, 0.717) is 11.1 Å². The van der Waals surface area contributed by atoms with Crippen LogP contribution in [0.1, 0.15) is 32.7 Å². The van der Waals surface area contributed by atoms with Crippen LogP contribution in [0, 0.1) is 19.7 Å². The Hall–Kier alpha value is -4.33. The van der Waals surface area contributed by atoms with Gasteiger partial charge in [-0.05, 0) is 36.6 Å². The Labute approximate surface area is 195 Å². The molecule has 0 radical (unpaired) electrons. The van der Waals surface area contributed by atoms with Crippen molar-refractivity contribution in [1.82, 2.24) is 19.7 Å². The van der Waals surface area contributed by atoms with E-state index in [9.17, 15) is 18.8 Å². The molecule has 0 aliphatic heterocycles. The molecule has 0 bridgehead atoms. The van der Waals surface area contributed by atoms with E-state index in [2.05, 4.69) is 10.4 Å². The van der Waals surface area contributed by atoms with E-state index >= 15 is 0 Å². The van der Waals surface area contributed by atoms with Crippen LogP contribution in [-0.4, -0.2) is 20.3 Å². The Kier molecular flexibility index (Phi) is 6.49. The molecule has 1 N–H and O–H groups in total. The van der Waals surface area contributed by atoms with Crippen LogP contribution in [0.4, 0.5) is 4.39 Å². The van der Waals surface area contributed by atoms with Crippen molar-refractivity contribution in [3.05, 3.63) is 127 Å². The summed E-state index contributed by atoms with van der Waals surface area (Å²) < 4.78 is 16.1. The minimum absolute atomic E-state index is 0.0603. The monoisotopic (exact) mass is 458 g/mol. The van der Waals surface area contributed by atoms with Crippen LogP contribution in [0.3, 0.4) is 0 Å². The highest BCUT2D eigenvalue weighted by Crippen LogP contribution is 2.11. The maximum absolute atomic E-state index is 14.2. The minimum atomic E-state index is -0.819. The number of carbonyl (C=O) groups is 1. The molecule has 0 unspecified atom stereocenters. The summed E-state index contributed by atoms with van der Waals surface area (Å²) in [4.78, 5) is 39.4. The van der Waals surface area contributed by atoms with E-state index < -0.39 is 28.7 Å². The largest absolute Gasteiger partial charge is 0.352 e. The van der Waals surface area contributed by atoms with Crippen molar-refractivity contribution in [2.45, 2.75) is 26.9 Å². The third kappa shape index (κ3) is 4.85. The molecule has 0 aliphatic rings. The van der Waals surface area contributed by atoms with Crippen LogP contribution in [0.25, 0.3) is 5.69 Å². The number of nitrogens with one attached hydrogen (secondary N) is 1. The summed E-state index contributed by atoms with van der Waals surface area (Å²) in [5, 5.41) is 6.71. The van der Waals surface area contributed by atoms with Gasteiger partial charge in [-0.15, -0.1) is 0 Å². The summed E-state index contributed by atoms with van der Waals surface area (Å²) >= 11 is 0. The highest BCUT2D eigenvalue weighted by atomic mass is 19.1. The first-order valence-electron chi connectivity index (χ1n) is 10.7. The van der Waals surface area contributed by atoms with E-state index in [4.69, 9.17) is 0 Å². The molecular formula is C26H23FN4O3. The van der Waals surface area contributed by atoms with E-state index in [1.165, 1.54) is 12.1 Å². The number of halogens is 1. The summed E-state index contributed by atoms with van der Waals surface area (Å²) in [6.45, 7) is 3.61. The smallest absolute Gasteiger partial charge is 0.346 e. The first-order valence-corrected chi connectivity index (χ1v) is 10.7. The zero-order valence-corrected chi connectivity index (χ0v) is 18.8. The molecule has 4 aromatic rings. The summed E-state index contributed by atoms with van der Waals surface area (Å²) in [5.74, 6) is -1.26. The van der Waals surface area contributed by atoms with Crippen LogP contribution in [0.15, 0.2) is 82.4 Å². The zero-order valence-electron chi connectivity index (χ0n) is 18.8. The van der Waals surface area contributed by atoms with Gasteiger partial charge in [0.15, 0.2) is 0 Å². The van der Waals surface area contributed by atoms with Crippen LogP contribution in [-0.2, 0) is 13.1 Å². The van der Waals surface area contributed by atoms with Crippen LogP contribution in [0.5, 0.6) is 0 Å². The van der Waals surface area contributed by atoms with Crippen molar-refractivity contribution in [3.8, 4) is 5.69 Å². The van der Waals surface area contributed by atoms with Gasteiger partial charge in [0.05, 0.1) is 12.2 Å².